The standard InChI is InChI=1S/C41H48Br2O2/c1-3-5-7-9-11-13-27-44-35-21-15-31(16-22-35)41(32-17-23-36(24-18-32)45-28-14-12-10-8-6-4-2)39-25-19-33(42)29-37(39)38-30-34(43)20-26-40(38)41/h15-26,29-30H,3-14,27-28H2,1-2H3. The third-order valence-corrected chi connectivity index (χ3v) is 10.2. The van der Waals surface area contributed by atoms with Gasteiger partial charge in [0.25, 0.3) is 0 Å². The van der Waals surface area contributed by atoms with Gasteiger partial charge in [-0.05, 0) is 94.8 Å². The summed E-state index contributed by atoms with van der Waals surface area (Å²) in [6.07, 6.45) is 15.2. The van der Waals surface area contributed by atoms with Crippen LogP contribution in [-0.4, -0.2) is 13.2 Å². The van der Waals surface area contributed by atoms with Crippen LogP contribution >= 0.6 is 31.9 Å². The highest BCUT2D eigenvalue weighted by Gasteiger charge is 2.46. The predicted octanol–water partition coefficient (Wildman–Crippen LogP) is 13.1. The molecular formula is C41H48Br2O2. The lowest BCUT2D eigenvalue weighted by Gasteiger charge is -2.34. The molecule has 0 radical (unpaired) electrons. The second kappa shape index (κ2) is 16.8. The van der Waals surface area contributed by atoms with E-state index in [1.165, 1.54) is 97.6 Å². The van der Waals surface area contributed by atoms with Gasteiger partial charge >= 0.3 is 0 Å². The van der Waals surface area contributed by atoms with Crippen LogP contribution in [0.25, 0.3) is 11.1 Å². The highest BCUT2D eigenvalue weighted by Crippen LogP contribution is 2.57. The Bertz CT molecular complexity index is 1380. The van der Waals surface area contributed by atoms with Gasteiger partial charge in [-0.15, -0.1) is 0 Å². The highest BCUT2D eigenvalue weighted by atomic mass is 79.9. The molecule has 0 heterocycles. The fourth-order valence-corrected chi connectivity index (χ4v) is 7.54. The van der Waals surface area contributed by atoms with Gasteiger partial charge in [0.15, 0.2) is 0 Å². The van der Waals surface area contributed by atoms with E-state index in [4.69, 9.17) is 9.47 Å². The zero-order chi connectivity index (χ0) is 31.5. The Morgan fingerprint density at radius 2 is 0.844 bits per heavy atom. The Morgan fingerprint density at radius 1 is 0.467 bits per heavy atom. The minimum Gasteiger partial charge on any atom is -0.494 e. The molecule has 0 aromatic heterocycles. The summed E-state index contributed by atoms with van der Waals surface area (Å²) in [4.78, 5) is 0. The van der Waals surface area contributed by atoms with Crippen LogP contribution in [-0.2, 0) is 5.41 Å². The van der Waals surface area contributed by atoms with Crippen molar-refractivity contribution in [1.82, 2.24) is 0 Å². The van der Waals surface area contributed by atoms with E-state index in [2.05, 4.69) is 131 Å². The molecule has 0 amide bonds. The maximum atomic E-state index is 6.20. The molecule has 0 fully saturated rings. The van der Waals surface area contributed by atoms with E-state index in [1.807, 2.05) is 0 Å². The molecule has 5 rings (SSSR count). The number of hydrogen-bond acceptors (Lipinski definition) is 2. The molecule has 0 atom stereocenters. The van der Waals surface area contributed by atoms with E-state index in [0.29, 0.717) is 0 Å². The molecule has 238 valence electrons. The monoisotopic (exact) mass is 730 g/mol. The van der Waals surface area contributed by atoms with E-state index < -0.39 is 5.41 Å². The maximum absolute atomic E-state index is 6.20. The normalized spacial score (nSPS) is 13.0. The van der Waals surface area contributed by atoms with Crippen molar-refractivity contribution in [3.63, 3.8) is 0 Å². The van der Waals surface area contributed by atoms with E-state index in [9.17, 15) is 0 Å². The predicted molar refractivity (Wildman–Crippen MR) is 197 cm³/mol. The summed E-state index contributed by atoms with van der Waals surface area (Å²) in [6.45, 7) is 6.06. The molecule has 1 aliphatic rings. The Balaban J connectivity index is 1.42. The average molecular weight is 733 g/mol. The first-order valence-corrected chi connectivity index (χ1v) is 18.7. The molecule has 0 N–H and O–H groups in total. The van der Waals surface area contributed by atoms with Gasteiger partial charge in [-0.25, -0.2) is 0 Å². The van der Waals surface area contributed by atoms with Crippen LogP contribution in [0.4, 0.5) is 0 Å². The SMILES string of the molecule is CCCCCCCCOc1ccc(C2(c3ccc(OCCCCCCCC)cc3)c3ccc(Br)cc3-c3cc(Br)ccc32)cc1. The molecule has 0 saturated carbocycles. The van der Waals surface area contributed by atoms with Crippen molar-refractivity contribution in [2.45, 2.75) is 96.3 Å². The molecular weight excluding hydrogens is 684 g/mol. The smallest absolute Gasteiger partial charge is 0.119 e. The number of rotatable bonds is 18. The fraction of sp³-hybridized carbons (Fsp3) is 0.415. The molecule has 4 aromatic rings. The van der Waals surface area contributed by atoms with Crippen LogP contribution in [0.15, 0.2) is 93.9 Å². The summed E-state index contributed by atoms with van der Waals surface area (Å²) in [6, 6.07) is 31.1. The lowest BCUT2D eigenvalue weighted by molar-refractivity contribution is 0.304. The van der Waals surface area contributed by atoms with Gasteiger partial charge in [0, 0.05) is 8.95 Å². The van der Waals surface area contributed by atoms with Crippen LogP contribution in [0.2, 0.25) is 0 Å². The van der Waals surface area contributed by atoms with Crippen LogP contribution in [0.5, 0.6) is 11.5 Å². The minimum atomic E-state index is -0.457. The average Bonchev–Trinajstić information content (AvgIpc) is 3.34. The van der Waals surface area contributed by atoms with E-state index in [-0.39, 0.29) is 0 Å². The fourth-order valence-electron chi connectivity index (χ4n) is 6.81. The first-order chi connectivity index (χ1) is 22.1. The Kier molecular flexibility index (Phi) is 12.6. The van der Waals surface area contributed by atoms with Crippen molar-refractivity contribution < 1.29 is 9.47 Å². The van der Waals surface area contributed by atoms with Gasteiger partial charge < -0.3 is 9.47 Å². The summed E-state index contributed by atoms with van der Waals surface area (Å²) in [5, 5.41) is 0. The van der Waals surface area contributed by atoms with Crippen molar-refractivity contribution in [2.75, 3.05) is 13.2 Å². The molecule has 0 spiro atoms. The van der Waals surface area contributed by atoms with Gasteiger partial charge in [-0.2, -0.15) is 0 Å². The third kappa shape index (κ3) is 8.06. The summed E-state index contributed by atoms with van der Waals surface area (Å²) in [5.74, 6) is 1.87. The molecule has 0 saturated heterocycles. The Hall–Kier alpha value is -2.56. The van der Waals surface area contributed by atoms with Crippen LogP contribution in [0.3, 0.4) is 0 Å². The highest BCUT2D eigenvalue weighted by molar-refractivity contribution is 9.10. The van der Waals surface area contributed by atoms with E-state index in [1.54, 1.807) is 0 Å². The van der Waals surface area contributed by atoms with Gasteiger partial charge in [-0.3, -0.25) is 0 Å². The zero-order valence-electron chi connectivity index (χ0n) is 27.1. The first kappa shape index (κ1) is 33.8. The third-order valence-electron chi connectivity index (χ3n) is 9.17. The number of benzene rings is 4. The van der Waals surface area contributed by atoms with Gasteiger partial charge in [0.2, 0.25) is 0 Å². The number of ether oxygens (including phenoxy) is 2. The maximum Gasteiger partial charge on any atom is 0.119 e. The number of unbranched alkanes of at least 4 members (excludes halogenated alkanes) is 10. The van der Waals surface area contributed by atoms with Gasteiger partial charge in [0.1, 0.15) is 11.5 Å². The molecule has 0 aliphatic heterocycles. The quantitative estimate of drug-likeness (QED) is 0.0835. The van der Waals surface area contributed by atoms with Crippen LogP contribution < -0.4 is 9.47 Å². The van der Waals surface area contributed by atoms with E-state index >= 15 is 0 Å². The molecule has 2 nitrogen and oxygen atoms in total. The Morgan fingerprint density at radius 3 is 1.24 bits per heavy atom. The molecule has 45 heavy (non-hydrogen) atoms. The molecule has 1 aliphatic carbocycles. The number of hydrogen-bond donors (Lipinski definition) is 0. The van der Waals surface area contributed by atoms with Crippen molar-refractivity contribution in [2.24, 2.45) is 0 Å². The lowest BCUT2D eigenvalue weighted by atomic mass is 9.68. The molecule has 4 aromatic carbocycles. The second-order valence-corrected chi connectivity index (χ2v) is 14.2. The molecule has 0 unspecified atom stereocenters. The van der Waals surface area contributed by atoms with Crippen molar-refractivity contribution >= 4 is 31.9 Å². The largest absolute Gasteiger partial charge is 0.494 e. The van der Waals surface area contributed by atoms with Crippen molar-refractivity contribution in [1.29, 1.82) is 0 Å². The van der Waals surface area contributed by atoms with Gasteiger partial charge in [0.05, 0.1) is 18.6 Å². The minimum absolute atomic E-state index is 0.457. The molecule has 0 bridgehead atoms. The Labute approximate surface area is 288 Å². The summed E-state index contributed by atoms with van der Waals surface area (Å²) >= 11 is 7.51. The van der Waals surface area contributed by atoms with Crippen molar-refractivity contribution in [3.05, 3.63) is 116 Å². The van der Waals surface area contributed by atoms with E-state index in [0.717, 1.165) is 46.5 Å². The van der Waals surface area contributed by atoms with Crippen molar-refractivity contribution in [3.8, 4) is 22.6 Å². The number of halogens is 2. The second-order valence-electron chi connectivity index (χ2n) is 12.4. The summed E-state index contributed by atoms with van der Waals surface area (Å²) in [7, 11) is 0. The zero-order valence-corrected chi connectivity index (χ0v) is 30.2. The summed E-state index contributed by atoms with van der Waals surface area (Å²) < 4.78 is 14.6. The van der Waals surface area contributed by atoms with Gasteiger partial charge in [-0.1, -0.05) is 146 Å². The lowest BCUT2D eigenvalue weighted by Crippen LogP contribution is -2.28. The topological polar surface area (TPSA) is 18.5 Å². The first-order valence-electron chi connectivity index (χ1n) is 17.1. The van der Waals surface area contributed by atoms with Crippen LogP contribution in [0, 0.1) is 0 Å². The molecule has 4 heteroatoms. The van der Waals surface area contributed by atoms with Crippen LogP contribution in [0.1, 0.15) is 113 Å². The summed E-state index contributed by atoms with van der Waals surface area (Å²) in [5.41, 5.74) is 7.11. The number of fused-ring (bicyclic) bond motifs is 3.